The van der Waals surface area contributed by atoms with Crippen LogP contribution in [0.25, 0.3) is 10.9 Å². The van der Waals surface area contributed by atoms with Crippen LogP contribution in [-0.4, -0.2) is 30.1 Å². The Morgan fingerprint density at radius 3 is 3.00 bits per heavy atom. The highest BCUT2D eigenvalue weighted by Gasteiger charge is 2.04. The molecule has 0 bridgehead atoms. The Morgan fingerprint density at radius 2 is 2.15 bits per heavy atom. The van der Waals surface area contributed by atoms with Crippen LogP contribution < -0.4 is 15.0 Å². The van der Waals surface area contributed by atoms with Crippen molar-refractivity contribution in [2.75, 3.05) is 19.0 Å². The molecule has 0 radical (unpaired) electrons. The van der Waals surface area contributed by atoms with Crippen molar-refractivity contribution in [3.05, 3.63) is 60.0 Å². The van der Waals surface area contributed by atoms with E-state index >= 15 is 0 Å². The molecule has 3 aromatic rings. The first-order valence-corrected chi connectivity index (χ1v) is 8.16. The van der Waals surface area contributed by atoms with Crippen LogP contribution >= 0.6 is 0 Å². The van der Waals surface area contributed by atoms with E-state index in [-0.39, 0.29) is 0 Å². The van der Waals surface area contributed by atoms with Gasteiger partial charge in [0.25, 0.3) is 0 Å². The number of para-hydroxylation sites is 1. The molecule has 0 saturated heterocycles. The second kappa shape index (κ2) is 8.49. The summed E-state index contributed by atoms with van der Waals surface area (Å²) in [7, 11) is 1.54. The van der Waals surface area contributed by atoms with Gasteiger partial charge in [-0.05, 0) is 24.1 Å². The SMILES string of the molecule is COc1ccc(C#CCCNc2cc[nH+]c3ccccc23)nc1/C=N/O. The van der Waals surface area contributed by atoms with Crippen LogP contribution in [0.15, 0.2) is 53.8 Å². The number of H-pyrrole nitrogens is 1. The Bertz CT molecular complexity index is 985. The smallest absolute Gasteiger partial charge is 0.212 e. The second-order valence-electron chi connectivity index (χ2n) is 5.44. The van der Waals surface area contributed by atoms with E-state index in [1.807, 2.05) is 30.5 Å². The fourth-order valence-corrected chi connectivity index (χ4v) is 2.57. The third-order valence-corrected chi connectivity index (χ3v) is 3.77. The molecule has 3 rings (SSSR count). The van der Waals surface area contributed by atoms with Crippen molar-refractivity contribution in [3.8, 4) is 17.6 Å². The number of nitrogens with zero attached hydrogens (tertiary/aromatic N) is 2. The van der Waals surface area contributed by atoms with Gasteiger partial charge in [0.05, 0.1) is 24.4 Å². The van der Waals surface area contributed by atoms with Gasteiger partial charge in [-0.1, -0.05) is 23.2 Å². The molecule has 1 aromatic carbocycles. The molecular weight excluding hydrogens is 328 g/mol. The summed E-state index contributed by atoms with van der Waals surface area (Å²) in [6, 6.07) is 13.7. The molecule has 2 heterocycles. The van der Waals surface area contributed by atoms with Gasteiger partial charge in [-0.15, -0.1) is 0 Å². The maximum atomic E-state index is 8.69. The topological polar surface area (TPSA) is 80.9 Å². The van der Waals surface area contributed by atoms with Gasteiger partial charge < -0.3 is 15.3 Å². The van der Waals surface area contributed by atoms with E-state index in [1.165, 1.54) is 13.3 Å². The third-order valence-electron chi connectivity index (χ3n) is 3.77. The Balaban J connectivity index is 1.63. The number of fused-ring (bicyclic) bond motifs is 1. The molecular formula is C20H19N4O2+. The van der Waals surface area contributed by atoms with E-state index < -0.39 is 0 Å². The number of rotatable bonds is 5. The number of methoxy groups -OCH3 is 1. The summed E-state index contributed by atoms with van der Waals surface area (Å²) in [5.74, 6) is 6.64. The molecule has 0 aliphatic rings. The van der Waals surface area contributed by atoms with E-state index in [0.717, 1.165) is 23.1 Å². The lowest BCUT2D eigenvalue weighted by atomic mass is 10.2. The minimum atomic E-state index is 0.437. The number of benzene rings is 1. The van der Waals surface area contributed by atoms with Gasteiger partial charge in [-0.3, -0.25) is 0 Å². The molecule has 0 amide bonds. The van der Waals surface area contributed by atoms with E-state index in [0.29, 0.717) is 23.6 Å². The maximum Gasteiger partial charge on any atom is 0.212 e. The fourth-order valence-electron chi connectivity index (χ4n) is 2.57. The van der Waals surface area contributed by atoms with Gasteiger partial charge in [-0.25, -0.2) is 9.97 Å². The quantitative estimate of drug-likeness (QED) is 0.244. The maximum absolute atomic E-state index is 8.69. The molecule has 26 heavy (non-hydrogen) atoms. The van der Waals surface area contributed by atoms with Crippen LogP contribution in [0.1, 0.15) is 17.8 Å². The highest BCUT2D eigenvalue weighted by Crippen LogP contribution is 2.18. The number of anilines is 1. The molecule has 0 aliphatic heterocycles. The summed E-state index contributed by atoms with van der Waals surface area (Å²) in [5, 5.41) is 16.2. The number of ether oxygens (including phenoxy) is 1. The molecule has 6 nitrogen and oxygen atoms in total. The highest BCUT2D eigenvalue weighted by molar-refractivity contribution is 5.88. The first-order valence-electron chi connectivity index (χ1n) is 8.16. The molecule has 130 valence electrons. The van der Waals surface area contributed by atoms with Crippen LogP contribution in [-0.2, 0) is 0 Å². The van der Waals surface area contributed by atoms with E-state index in [1.54, 1.807) is 12.1 Å². The second-order valence-corrected chi connectivity index (χ2v) is 5.44. The predicted octanol–water partition coefficient (Wildman–Crippen LogP) is 2.72. The predicted molar refractivity (Wildman–Crippen MR) is 101 cm³/mol. The standard InChI is InChI=1S/C20H18N4O2/c1-26-20-10-9-15(24-19(20)14-23-25)6-4-5-12-21-18-11-13-22-17-8-3-2-7-16(17)18/h2-3,7-11,13-14,25H,5,12H2,1H3,(H,21,22)/p+1/b23-14+. The average molecular weight is 347 g/mol. The minimum absolute atomic E-state index is 0.437. The van der Waals surface area contributed by atoms with Crippen LogP contribution in [0.3, 0.4) is 0 Å². The fraction of sp³-hybridized carbons (Fsp3) is 0.150. The summed E-state index contributed by atoms with van der Waals surface area (Å²) in [5.41, 5.74) is 3.20. The molecule has 0 spiro atoms. The highest BCUT2D eigenvalue weighted by atomic mass is 16.5. The summed E-state index contributed by atoms with van der Waals surface area (Å²) in [6.07, 6.45) is 3.81. The third kappa shape index (κ3) is 4.08. The van der Waals surface area contributed by atoms with Crippen molar-refractivity contribution >= 4 is 22.8 Å². The first-order chi connectivity index (χ1) is 12.8. The summed E-state index contributed by atoms with van der Waals surface area (Å²) in [6.45, 7) is 0.724. The van der Waals surface area contributed by atoms with Gasteiger partial charge in [0.1, 0.15) is 17.1 Å². The van der Waals surface area contributed by atoms with Crippen molar-refractivity contribution in [1.82, 2.24) is 4.98 Å². The molecule has 6 heteroatoms. The molecule has 0 saturated carbocycles. The van der Waals surface area contributed by atoms with Crippen molar-refractivity contribution in [2.24, 2.45) is 5.16 Å². The molecule has 0 atom stereocenters. The number of pyridine rings is 2. The summed E-state index contributed by atoms with van der Waals surface area (Å²) < 4.78 is 5.15. The molecule has 0 unspecified atom stereocenters. The minimum Gasteiger partial charge on any atom is -0.494 e. The Labute approximate surface area is 151 Å². The van der Waals surface area contributed by atoms with Gasteiger partial charge in [0.15, 0.2) is 6.20 Å². The summed E-state index contributed by atoms with van der Waals surface area (Å²) >= 11 is 0. The van der Waals surface area contributed by atoms with Crippen LogP contribution in [0, 0.1) is 11.8 Å². The van der Waals surface area contributed by atoms with Crippen molar-refractivity contribution < 1.29 is 14.9 Å². The van der Waals surface area contributed by atoms with Crippen molar-refractivity contribution in [2.45, 2.75) is 6.42 Å². The first kappa shape index (κ1) is 17.2. The molecule has 3 N–H and O–H groups in total. The van der Waals surface area contributed by atoms with Crippen molar-refractivity contribution in [3.63, 3.8) is 0 Å². The number of aromatic amines is 1. The zero-order chi connectivity index (χ0) is 18.2. The normalized spacial score (nSPS) is 10.5. The monoisotopic (exact) mass is 347 g/mol. The lowest BCUT2D eigenvalue weighted by molar-refractivity contribution is -0.344. The van der Waals surface area contributed by atoms with E-state index in [2.05, 4.69) is 38.3 Å². The van der Waals surface area contributed by atoms with E-state index in [4.69, 9.17) is 9.94 Å². The Kier molecular flexibility index (Phi) is 5.63. The zero-order valence-electron chi connectivity index (χ0n) is 14.4. The van der Waals surface area contributed by atoms with Gasteiger partial charge in [0, 0.05) is 25.1 Å². The molecule has 0 aliphatic carbocycles. The number of aromatic nitrogens is 2. The number of hydrogen-bond donors (Lipinski definition) is 2. The van der Waals surface area contributed by atoms with Gasteiger partial charge in [-0.2, -0.15) is 0 Å². The average Bonchev–Trinajstić information content (AvgIpc) is 2.68. The van der Waals surface area contributed by atoms with Crippen molar-refractivity contribution in [1.29, 1.82) is 0 Å². The summed E-state index contributed by atoms with van der Waals surface area (Å²) in [4.78, 5) is 7.52. The molecule has 0 fully saturated rings. The van der Waals surface area contributed by atoms with Gasteiger partial charge in [0.2, 0.25) is 5.52 Å². The van der Waals surface area contributed by atoms with Gasteiger partial charge >= 0.3 is 0 Å². The molecule has 2 aromatic heterocycles. The van der Waals surface area contributed by atoms with Crippen LogP contribution in [0.2, 0.25) is 0 Å². The number of hydrogen-bond acceptors (Lipinski definition) is 5. The largest absolute Gasteiger partial charge is 0.494 e. The Hall–Kier alpha value is -3.59. The van der Waals surface area contributed by atoms with Crippen LogP contribution in [0.5, 0.6) is 5.75 Å². The number of nitrogens with one attached hydrogen (secondary N) is 2. The Morgan fingerprint density at radius 1 is 1.27 bits per heavy atom. The van der Waals surface area contributed by atoms with E-state index in [9.17, 15) is 0 Å². The zero-order valence-corrected chi connectivity index (χ0v) is 14.4. The number of oxime groups is 1. The lowest BCUT2D eigenvalue weighted by Crippen LogP contribution is -2.06. The van der Waals surface area contributed by atoms with Crippen LogP contribution in [0.4, 0.5) is 5.69 Å². The lowest BCUT2D eigenvalue weighted by Gasteiger charge is -2.05.